The van der Waals surface area contributed by atoms with E-state index < -0.39 is 5.97 Å². The molecule has 3 aromatic rings. The Morgan fingerprint density at radius 2 is 1.86 bits per heavy atom. The third-order valence-corrected chi connectivity index (χ3v) is 3.62. The quantitative estimate of drug-likeness (QED) is 0.754. The summed E-state index contributed by atoms with van der Waals surface area (Å²) in [5, 5.41) is 11.7. The normalized spacial score (nSPS) is 10.6. The van der Waals surface area contributed by atoms with Crippen molar-refractivity contribution in [3.63, 3.8) is 0 Å². The van der Waals surface area contributed by atoms with Gasteiger partial charge < -0.3 is 9.84 Å². The molecular formula is C18H13ClO3. The maximum absolute atomic E-state index is 11.6. The minimum atomic E-state index is -1.00. The van der Waals surface area contributed by atoms with Crippen LogP contribution in [0.4, 0.5) is 0 Å². The van der Waals surface area contributed by atoms with Crippen LogP contribution in [0.15, 0.2) is 60.7 Å². The monoisotopic (exact) mass is 312 g/mol. The molecule has 22 heavy (non-hydrogen) atoms. The van der Waals surface area contributed by atoms with Crippen molar-refractivity contribution in [2.24, 2.45) is 0 Å². The molecular weight excluding hydrogens is 300 g/mol. The van der Waals surface area contributed by atoms with Crippen molar-refractivity contribution in [2.45, 2.75) is 6.61 Å². The van der Waals surface area contributed by atoms with E-state index in [4.69, 9.17) is 16.3 Å². The van der Waals surface area contributed by atoms with Crippen molar-refractivity contribution in [2.75, 3.05) is 0 Å². The van der Waals surface area contributed by atoms with Gasteiger partial charge >= 0.3 is 5.97 Å². The zero-order valence-electron chi connectivity index (χ0n) is 11.6. The lowest BCUT2D eigenvalue weighted by molar-refractivity contribution is 0.0694. The molecule has 0 saturated heterocycles. The van der Waals surface area contributed by atoms with Crippen molar-refractivity contribution < 1.29 is 14.6 Å². The standard InChI is InChI=1S/C18H13ClO3/c19-14-6-3-4-12(10-14)11-22-16-9-8-13-5-1-2-7-15(13)17(16)18(20)21/h1-10H,11H2,(H,20,21). The second-order valence-electron chi connectivity index (χ2n) is 4.88. The highest BCUT2D eigenvalue weighted by atomic mass is 35.5. The number of carboxylic acid groups (broad SMARTS) is 1. The number of hydrogen-bond donors (Lipinski definition) is 1. The average molecular weight is 313 g/mol. The Bertz CT molecular complexity index is 843. The Kier molecular flexibility index (Phi) is 3.98. The van der Waals surface area contributed by atoms with Gasteiger partial charge in [0.15, 0.2) is 0 Å². The predicted molar refractivity (Wildman–Crippen MR) is 86.7 cm³/mol. The first-order valence-electron chi connectivity index (χ1n) is 6.77. The SMILES string of the molecule is O=C(O)c1c(OCc2cccc(Cl)c2)ccc2ccccc12. The van der Waals surface area contributed by atoms with Crippen LogP contribution in [0.1, 0.15) is 15.9 Å². The van der Waals surface area contributed by atoms with Gasteiger partial charge in [-0.1, -0.05) is 54.1 Å². The first kappa shape index (κ1) is 14.4. The number of aromatic carboxylic acids is 1. The highest BCUT2D eigenvalue weighted by Crippen LogP contribution is 2.29. The summed E-state index contributed by atoms with van der Waals surface area (Å²) >= 11 is 5.94. The van der Waals surface area contributed by atoms with Crippen LogP contribution < -0.4 is 4.74 Å². The van der Waals surface area contributed by atoms with E-state index >= 15 is 0 Å². The fourth-order valence-corrected chi connectivity index (χ4v) is 2.59. The number of fused-ring (bicyclic) bond motifs is 1. The summed E-state index contributed by atoms with van der Waals surface area (Å²) in [6.45, 7) is 0.263. The molecule has 0 bridgehead atoms. The lowest BCUT2D eigenvalue weighted by Crippen LogP contribution is -2.04. The first-order valence-corrected chi connectivity index (χ1v) is 7.15. The lowest BCUT2D eigenvalue weighted by atomic mass is 10.0. The Morgan fingerprint density at radius 1 is 1.05 bits per heavy atom. The Hall–Kier alpha value is -2.52. The van der Waals surface area contributed by atoms with Crippen molar-refractivity contribution >= 4 is 28.3 Å². The molecule has 0 spiro atoms. The van der Waals surface area contributed by atoms with E-state index in [1.54, 1.807) is 24.3 Å². The van der Waals surface area contributed by atoms with Gasteiger partial charge in [-0.3, -0.25) is 0 Å². The second-order valence-corrected chi connectivity index (χ2v) is 5.32. The third kappa shape index (κ3) is 2.90. The van der Waals surface area contributed by atoms with Crippen molar-refractivity contribution in [1.29, 1.82) is 0 Å². The van der Waals surface area contributed by atoms with Crippen LogP contribution in [-0.2, 0) is 6.61 Å². The van der Waals surface area contributed by atoms with Gasteiger partial charge in [-0.25, -0.2) is 4.79 Å². The molecule has 0 unspecified atom stereocenters. The number of carboxylic acids is 1. The van der Waals surface area contributed by atoms with E-state index in [1.807, 2.05) is 36.4 Å². The average Bonchev–Trinajstić information content (AvgIpc) is 2.52. The Balaban J connectivity index is 1.96. The lowest BCUT2D eigenvalue weighted by Gasteiger charge is -2.12. The fourth-order valence-electron chi connectivity index (χ4n) is 2.38. The van der Waals surface area contributed by atoms with Crippen LogP contribution in [0, 0.1) is 0 Å². The van der Waals surface area contributed by atoms with Gasteiger partial charge in [-0.2, -0.15) is 0 Å². The van der Waals surface area contributed by atoms with E-state index in [-0.39, 0.29) is 12.2 Å². The first-order chi connectivity index (χ1) is 10.6. The fraction of sp³-hybridized carbons (Fsp3) is 0.0556. The maximum atomic E-state index is 11.6. The van der Waals surface area contributed by atoms with E-state index in [1.165, 1.54) is 0 Å². The van der Waals surface area contributed by atoms with Gasteiger partial charge in [0, 0.05) is 5.02 Å². The molecule has 0 saturated carbocycles. The number of halogens is 1. The van der Waals surface area contributed by atoms with Gasteiger partial charge in [0.2, 0.25) is 0 Å². The minimum absolute atomic E-state index is 0.181. The van der Waals surface area contributed by atoms with Crippen molar-refractivity contribution in [3.05, 3.63) is 76.8 Å². The zero-order valence-corrected chi connectivity index (χ0v) is 12.4. The summed E-state index contributed by atoms with van der Waals surface area (Å²) in [6, 6.07) is 18.2. The molecule has 1 N–H and O–H groups in total. The number of ether oxygens (including phenoxy) is 1. The molecule has 110 valence electrons. The summed E-state index contributed by atoms with van der Waals surface area (Å²) in [6.07, 6.45) is 0. The largest absolute Gasteiger partial charge is 0.488 e. The Labute approximate surface area is 132 Å². The number of rotatable bonds is 4. The van der Waals surface area contributed by atoms with E-state index in [0.29, 0.717) is 16.2 Å². The molecule has 0 radical (unpaired) electrons. The highest BCUT2D eigenvalue weighted by Gasteiger charge is 2.15. The summed E-state index contributed by atoms with van der Waals surface area (Å²) < 4.78 is 5.71. The molecule has 0 aliphatic rings. The molecule has 3 aromatic carbocycles. The van der Waals surface area contributed by atoms with Crippen LogP contribution in [0.2, 0.25) is 5.02 Å². The van der Waals surface area contributed by atoms with E-state index in [2.05, 4.69) is 0 Å². The van der Waals surface area contributed by atoms with Crippen molar-refractivity contribution in [1.82, 2.24) is 0 Å². The molecule has 0 aliphatic carbocycles. The molecule has 0 aromatic heterocycles. The smallest absolute Gasteiger partial charge is 0.340 e. The maximum Gasteiger partial charge on any atom is 0.340 e. The molecule has 3 nitrogen and oxygen atoms in total. The van der Waals surface area contributed by atoms with Crippen LogP contribution >= 0.6 is 11.6 Å². The van der Waals surface area contributed by atoms with Crippen LogP contribution in [0.25, 0.3) is 10.8 Å². The van der Waals surface area contributed by atoms with Crippen molar-refractivity contribution in [3.8, 4) is 5.75 Å². The summed E-state index contributed by atoms with van der Waals surface area (Å²) in [5.41, 5.74) is 1.07. The molecule has 0 heterocycles. The van der Waals surface area contributed by atoms with Crippen LogP contribution in [0.3, 0.4) is 0 Å². The number of benzene rings is 3. The molecule has 0 aliphatic heterocycles. The van der Waals surface area contributed by atoms with Gasteiger partial charge in [-0.05, 0) is 34.5 Å². The number of carbonyl (C=O) groups is 1. The highest BCUT2D eigenvalue weighted by molar-refractivity contribution is 6.30. The molecule has 0 amide bonds. The molecule has 0 atom stereocenters. The van der Waals surface area contributed by atoms with Crippen LogP contribution in [0.5, 0.6) is 5.75 Å². The topological polar surface area (TPSA) is 46.5 Å². The summed E-state index contributed by atoms with van der Waals surface area (Å²) in [5.74, 6) is -0.649. The van der Waals surface area contributed by atoms with Gasteiger partial charge in [0.1, 0.15) is 17.9 Å². The van der Waals surface area contributed by atoms with E-state index in [9.17, 15) is 9.90 Å². The Morgan fingerprint density at radius 3 is 2.64 bits per heavy atom. The van der Waals surface area contributed by atoms with Crippen LogP contribution in [-0.4, -0.2) is 11.1 Å². The summed E-state index contributed by atoms with van der Waals surface area (Å²) in [4.78, 5) is 11.6. The predicted octanol–water partition coefficient (Wildman–Crippen LogP) is 4.77. The molecule has 4 heteroatoms. The van der Waals surface area contributed by atoms with E-state index in [0.717, 1.165) is 10.9 Å². The third-order valence-electron chi connectivity index (χ3n) is 3.39. The molecule has 0 fully saturated rings. The summed E-state index contributed by atoms with van der Waals surface area (Å²) in [7, 11) is 0. The molecule has 3 rings (SSSR count). The minimum Gasteiger partial charge on any atom is -0.488 e. The van der Waals surface area contributed by atoms with Gasteiger partial charge in [-0.15, -0.1) is 0 Å². The zero-order chi connectivity index (χ0) is 15.5. The number of hydrogen-bond acceptors (Lipinski definition) is 2. The van der Waals surface area contributed by atoms with Gasteiger partial charge in [0.05, 0.1) is 0 Å². The second kappa shape index (κ2) is 6.08. The van der Waals surface area contributed by atoms with Gasteiger partial charge in [0.25, 0.3) is 0 Å².